The first-order chi connectivity index (χ1) is 11.3. The van der Waals surface area contributed by atoms with Crippen LogP contribution in [0.2, 0.25) is 0 Å². The van der Waals surface area contributed by atoms with Crippen molar-refractivity contribution in [3.8, 4) is 0 Å². The van der Waals surface area contributed by atoms with E-state index in [1.807, 2.05) is 6.08 Å². The van der Waals surface area contributed by atoms with Crippen LogP contribution in [0.3, 0.4) is 0 Å². The minimum Gasteiger partial charge on any atom is -0.479 e. The third-order valence-electron chi connectivity index (χ3n) is 3.65. The van der Waals surface area contributed by atoms with Gasteiger partial charge in [0.2, 0.25) is 0 Å². The van der Waals surface area contributed by atoms with Crippen LogP contribution in [0, 0.1) is 0 Å². The summed E-state index contributed by atoms with van der Waals surface area (Å²) in [6.45, 7) is 2.23. The molecule has 0 aromatic heterocycles. The number of carboxylic acids is 1. The fourth-order valence-corrected chi connectivity index (χ4v) is 2.21. The van der Waals surface area contributed by atoms with Crippen molar-refractivity contribution < 1.29 is 14.6 Å². The highest BCUT2D eigenvalue weighted by Crippen LogP contribution is 2.25. The van der Waals surface area contributed by atoms with Gasteiger partial charge in [-0.1, -0.05) is 68.4 Å². The number of ether oxygens (including phenoxy) is 1. The number of allylic oxidation sites excluding steroid dienone is 7. The zero-order valence-electron chi connectivity index (χ0n) is 14.2. The molecule has 0 saturated carbocycles. The average Bonchev–Trinajstić information content (AvgIpc) is 3.31. The smallest absolute Gasteiger partial charge is 0.335 e. The van der Waals surface area contributed by atoms with Gasteiger partial charge in [0.15, 0.2) is 6.10 Å². The van der Waals surface area contributed by atoms with E-state index in [-0.39, 0.29) is 6.10 Å². The first-order valence-electron chi connectivity index (χ1n) is 8.74. The SMILES string of the molecule is CCCCC/C=C\C/C=C\C/C=C\C/C=C\CC1OC1C(=O)O. The maximum absolute atomic E-state index is 10.6. The topological polar surface area (TPSA) is 49.8 Å². The molecule has 0 amide bonds. The maximum atomic E-state index is 10.6. The number of unbranched alkanes of at least 4 members (excludes halogenated alkanes) is 3. The van der Waals surface area contributed by atoms with Crippen molar-refractivity contribution in [1.82, 2.24) is 0 Å². The standard InChI is InChI=1S/C20H30O3/c1-2-3-4-5-6-7-8-9-10-11-12-13-14-15-16-17-18-19(23-18)20(21)22/h6-7,9-10,12-13,15-16,18-19H,2-5,8,11,14,17H2,1H3,(H,21,22)/b7-6-,10-9-,13-12-,16-15-. The molecule has 1 aliphatic rings. The normalized spacial score (nSPS) is 21.3. The van der Waals surface area contributed by atoms with Crippen LogP contribution in [0.15, 0.2) is 48.6 Å². The van der Waals surface area contributed by atoms with E-state index in [9.17, 15) is 4.79 Å². The van der Waals surface area contributed by atoms with E-state index in [2.05, 4.69) is 49.5 Å². The number of carboxylic acid groups (broad SMARTS) is 1. The van der Waals surface area contributed by atoms with Gasteiger partial charge in [-0.25, -0.2) is 4.79 Å². The van der Waals surface area contributed by atoms with Gasteiger partial charge in [0.05, 0.1) is 6.10 Å². The van der Waals surface area contributed by atoms with Gasteiger partial charge in [0.1, 0.15) is 0 Å². The summed E-state index contributed by atoms with van der Waals surface area (Å²) < 4.78 is 5.01. The van der Waals surface area contributed by atoms with Crippen LogP contribution in [-0.4, -0.2) is 23.3 Å². The van der Waals surface area contributed by atoms with E-state index in [1.165, 1.54) is 25.7 Å². The van der Waals surface area contributed by atoms with Crippen molar-refractivity contribution in [2.45, 2.75) is 70.5 Å². The van der Waals surface area contributed by atoms with E-state index in [1.54, 1.807) is 0 Å². The zero-order valence-corrected chi connectivity index (χ0v) is 14.2. The molecule has 1 rings (SSSR count). The minimum atomic E-state index is -0.856. The van der Waals surface area contributed by atoms with Gasteiger partial charge >= 0.3 is 5.97 Å². The Kier molecular flexibility index (Phi) is 10.9. The largest absolute Gasteiger partial charge is 0.479 e. The lowest BCUT2D eigenvalue weighted by Gasteiger charge is -1.90. The second-order valence-electron chi connectivity index (χ2n) is 5.76. The Morgan fingerprint density at radius 3 is 2.00 bits per heavy atom. The summed E-state index contributed by atoms with van der Waals surface area (Å²) in [7, 11) is 0. The molecule has 0 aromatic carbocycles. The molecule has 3 nitrogen and oxygen atoms in total. The molecule has 0 spiro atoms. The van der Waals surface area contributed by atoms with Gasteiger partial charge < -0.3 is 9.84 Å². The Morgan fingerprint density at radius 2 is 1.48 bits per heavy atom. The molecule has 23 heavy (non-hydrogen) atoms. The number of aliphatic carboxylic acids is 1. The molecule has 1 fully saturated rings. The van der Waals surface area contributed by atoms with E-state index >= 15 is 0 Å². The molecule has 1 saturated heterocycles. The predicted molar refractivity (Wildman–Crippen MR) is 95.5 cm³/mol. The van der Waals surface area contributed by atoms with E-state index in [0.717, 1.165) is 19.3 Å². The van der Waals surface area contributed by atoms with Crippen LogP contribution in [0.25, 0.3) is 0 Å². The van der Waals surface area contributed by atoms with Crippen LogP contribution in [0.1, 0.15) is 58.3 Å². The van der Waals surface area contributed by atoms with Crippen LogP contribution in [0.5, 0.6) is 0 Å². The molecule has 1 aliphatic heterocycles. The molecule has 2 unspecified atom stereocenters. The Labute approximate surface area is 140 Å². The van der Waals surface area contributed by atoms with Gasteiger partial charge in [-0.3, -0.25) is 0 Å². The van der Waals surface area contributed by atoms with Crippen molar-refractivity contribution in [2.75, 3.05) is 0 Å². The summed E-state index contributed by atoms with van der Waals surface area (Å²) in [5, 5.41) is 8.68. The summed E-state index contributed by atoms with van der Waals surface area (Å²) in [6, 6.07) is 0. The molecule has 128 valence electrons. The molecular weight excluding hydrogens is 288 g/mol. The molecule has 1 N–H and O–H groups in total. The summed E-state index contributed by atoms with van der Waals surface area (Å²) in [6.07, 6.45) is 25.2. The van der Waals surface area contributed by atoms with Gasteiger partial charge in [-0.2, -0.15) is 0 Å². The van der Waals surface area contributed by atoms with E-state index in [4.69, 9.17) is 9.84 Å². The molecule has 2 atom stereocenters. The Hall–Kier alpha value is -1.61. The van der Waals surface area contributed by atoms with Gasteiger partial charge in [0, 0.05) is 0 Å². The second kappa shape index (κ2) is 12.9. The van der Waals surface area contributed by atoms with Crippen LogP contribution >= 0.6 is 0 Å². The molecule has 3 heteroatoms. The van der Waals surface area contributed by atoms with Crippen molar-refractivity contribution >= 4 is 5.97 Å². The quantitative estimate of drug-likeness (QED) is 0.288. The number of hydrogen-bond donors (Lipinski definition) is 1. The van der Waals surface area contributed by atoms with Crippen molar-refractivity contribution in [3.05, 3.63) is 48.6 Å². The zero-order chi connectivity index (χ0) is 16.8. The Bertz CT molecular complexity index is 432. The molecule has 0 aliphatic carbocycles. The first kappa shape index (κ1) is 19.4. The summed E-state index contributed by atoms with van der Waals surface area (Å²) in [5.74, 6) is -0.856. The van der Waals surface area contributed by atoms with Gasteiger partial charge in [0.25, 0.3) is 0 Å². The highest BCUT2D eigenvalue weighted by Gasteiger charge is 2.43. The van der Waals surface area contributed by atoms with Crippen molar-refractivity contribution in [2.24, 2.45) is 0 Å². The number of carbonyl (C=O) groups is 1. The molecule has 0 radical (unpaired) electrons. The highest BCUT2D eigenvalue weighted by molar-refractivity contribution is 5.75. The third kappa shape index (κ3) is 10.7. The monoisotopic (exact) mass is 318 g/mol. The Morgan fingerprint density at radius 1 is 0.913 bits per heavy atom. The Balaban J connectivity index is 1.92. The summed E-state index contributed by atoms with van der Waals surface area (Å²) >= 11 is 0. The third-order valence-corrected chi connectivity index (χ3v) is 3.65. The fourth-order valence-electron chi connectivity index (χ4n) is 2.21. The highest BCUT2D eigenvalue weighted by atomic mass is 16.6. The lowest BCUT2D eigenvalue weighted by atomic mass is 10.2. The van der Waals surface area contributed by atoms with Crippen molar-refractivity contribution in [3.63, 3.8) is 0 Å². The number of rotatable bonds is 13. The van der Waals surface area contributed by atoms with Gasteiger partial charge in [-0.15, -0.1) is 0 Å². The lowest BCUT2D eigenvalue weighted by molar-refractivity contribution is -0.138. The van der Waals surface area contributed by atoms with Gasteiger partial charge in [-0.05, 0) is 38.5 Å². The first-order valence-corrected chi connectivity index (χ1v) is 8.74. The molecular formula is C20H30O3. The number of epoxide rings is 1. The predicted octanol–water partition coefficient (Wildman–Crippen LogP) is 5.20. The number of hydrogen-bond acceptors (Lipinski definition) is 2. The molecule has 1 heterocycles. The lowest BCUT2D eigenvalue weighted by Crippen LogP contribution is -2.07. The van der Waals surface area contributed by atoms with Crippen molar-refractivity contribution in [1.29, 1.82) is 0 Å². The molecule has 0 bridgehead atoms. The second-order valence-corrected chi connectivity index (χ2v) is 5.76. The maximum Gasteiger partial charge on any atom is 0.335 e. The van der Waals surface area contributed by atoms with Crippen LogP contribution in [0.4, 0.5) is 0 Å². The summed E-state index contributed by atoms with van der Waals surface area (Å²) in [4.78, 5) is 10.6. The summed E-state index contributed by atoms with van der Waals surface area (Å²) in [5.41, 5.74) is 0. The van der Waals surface area contributed by atoms with E-state index in [0.29, 0.717) is 6.42 Å². The van der Waals surface area contributed by atoms with E-state index < -0.39 is 12.1 Å². The fraction of sp³-hybridized carbons (Fsp3) is 0.550. The van der Waals surface area contributed by atoms with Crippen LogP contribution < -0.4 is 0 Å². The average molecular weight is 318 g/mol. The minimum absolute atomic E-state index is 0.120. The van der Waals surface area contributed by atoms with Crippen LogP contribution in [-0.2, 0) is 9.53 Å². The molecule has 0 aromatic rings.